The van der Waals surface area contributed by atoms with Crippen molar-refractivity contribution in [3.63, 3.8) is 0 Å². The second-order valence-corrected chi connectivity index (χ2v) is 6.10. The van der Waals surface area contributed by atoms with Gasteiger partial charge in [-0.25, -0.2) is 4.68 Å². The molecule has 0 fully saturated rings. The van der Waals surface area contributed by atoms with Crippen molar-refractivity contribution in [2.24, 2.45) is 0 Å². The van der Waals surface area contributed by atoms with Crippen molar-refractivity contribution >= 4 is 16.7 Å². The number of esters is 1. The predicted molar refractivity (Wildman–Crippen MR) is 101 cm³/mol. The van der Waals surface area contributed by atoms with Gasteiger partial charge in [0.15, 0.2) is 0 Å². The van der Waals surface area contributed by atoms with E-state index in [2.05, 4.69) is 5.10 Å². The molecule has 0 bridgehead atoms. The largest absolute Gasteiger partial charge is 0.466 e. The molecule has 1 aromatic heterocycles. The Kier molecular flexibility index (Phi) is 5.46. The van der Waals surface area contributed by atoms with Crippen LogP contribution in [0.1, 0.15) is 37.3 Å². The van der Waals surface area contributed by atoms with E-state index in [1.807, 2.05) is 49.4 Å². The third-order valence-corrected chi connectivity index (χ3v) is 4.50. The molecule has 0 N–H and O–H groups in total. The standard InChI is InChI=1S/C21H22N2O3/c1-3-17(21(25)26-4-2)19-12-13-22-23(20(19)24)14-16-10-7-9-15-8-5-6-11-18(15)16/h5-13,17H,3-4,14H2,1-2H3. The second-order valence-electron chi connectivity index (χ2n) is 6.10. The highest BCUT2D eigenvalue weighted by Gasteiger charge is 2.23. The Balaban J connectivity index is 1.99. The molecule has 3 rings (SSSR count). The number of rotatable bonds is 6. The molecule has 0 amide bonds. The number of aromatic nitrogens is 2. The van der Waals surface area contributed by atoms with E-state index in [9.17, 15) is 9.59 Å². The maximum Gasteiger partial charge on any atom is 0.313 e. The minimum atomic E-state index is -0.566. The van der Waals surface area contributed by atoms with Crippen molar-refractivity contribution in [3.8, 4) is 0 Å². The topological polar surface area (TPSA) is 61.2 Å². The van der Waals surface area contributed by atoms with E-state index in [0.717, 1.165) is 16.3 Å². The predicted octanol–water partition coefficient (Wildman–Crippen LogP) is 3.50. The molecule has 2 aromatic carbocycles. The molecule has 0 spiro atoms. The van der Waals surface area contributed by atoms with Crippen LogP contribution in [-0.2, 0) is 16.1 Å². The normalized spacial score (nSPS) is 12.1. The van der Waals surface area contributed by atoms with Gasteiger partial charge in [0.1, 0.15) is 0 Å². The first kappa shape index (κ1) is 17.9. The minimum Gasteiger partial charge on any atom is -0.466 e. The molecule has 0 aliphatic rings. The molecule has 1 atom stereocenters. The maximum absolute atomic E-state index is 12.9. The van der Waals surface area contributed by atoms with Crippen molar-refractivity contribution in [2.75, 3.05) is 6.61 Å². The van der Waals surface area contributed by atoms with E-state index in [4.69, 9.17) is 4.74 Å². The van der Waals surface area contributed by atoms with Crippen molar-refractivity contribution < 1.29 is 9.53 Å². The van der Waals surface area contributed by atoms with Crippen LogP contribution in [0, 0.1) is 0 Å². The quantitative estimate of drug-likeness (QED) is 0.638. The zero-order valence-electron chi connectivity index (χ0n) is 15.0. The van der Waals surface area contributed by atoms with Crippen LogP contribution in [0.15, 0.2) is 59.5 Å². The van der Waals surface area contributed by atoms with Crippen LogP contribution >= 0.6 is 0 Å². The smallest absolute Gasteiger partial charge is 0.313 e. The molecule has 134 valence electrons. The van der Waals surface area contributed by atoms with Crippen molar-refractivity contribution in [1.29, 1.82) is 0 Å². The first-order chi connectivity index (χ1) is 12.7. The summed E-state index contributed by atoms with van der Waals surface area (Å²) in [5.74, 6) is -0.931. The van der Waals surface area contributed by atoms with Gasteiger partial charge in [-0.2, -0.15) is 5.10 Å². The summed E-state index contributed by atoms with van der Waals surface area (Å²) in [5, 5.41) is 6.42. The lowest BCUT2D eigenvalue weighted by Gasteiger charge is -2.15. The number of carbonyl (C=O) groups excluding carboxylic acids is 1. The Morgan fingerprint density at radius 1 is 1.12 bits per heavy atom. The summed E-state index contributed by atoms with van der Waals surface area (Å²) in [6, 6.07) is 15.7. The Hall–Kier alpha value is -2.95. The number of fused-ring (bicyclic) bond motifs is 1. The summed E-state index contributed by atoms with van der Waals surface area (Å²) in [6.45, 7) is 4.28. The number of carbonyl (C=O) groups is 1. The van der Waals surface area contributed by atoms with Crippen LogP contribution in [0.25, 0.3) is 10.8 Å². The Labute approximate surface area is 152 Å². The molecule has 0 aliphatic heterocycles. The summed E-state index contributed by atoms with van der Waals surface area (Å²) in [7, 11) is 0. The van der Waals surface area contributed by atoms with Gasteiger partial charge in [0.05, 0.1) is 19.1 Å². The van der Waals surface area contributed by atoms with Gasteiger partial charge in [0, 0.05) is 11.8 Å². The Morgan fingerprint density at radius 2 is 1.88 bits per heavy atom. The van der Waals surface area contributed by atoms with Crippen LogP contribution in [-0.4, -0.2) is 22.4 Å². The highest BCUT2D eigenvalue weighted by molar-refractivity contribution is 5.85. The van der Waals surface area contributed by atoms with Crippen LogP contribution in [0.3, 0.4) is 0 Å². The highest BCUT2D eigenvalue weighted by atomic mass is 16.5. The van der Waals surface area contributed by atoms with Crippen molar-refractivity contribution in [3.05, 3.63) is 76.2 Å². The summed E-state index contributed by atoms with van der Waals surface area (Å²) >= 11 is 0. The molecular weight excluding hydrogens is 328 g/mol. The fourth-order valence-corrected chi connectivity index (χ4v) is 3.19. The Bertz CT molecular complexity index is 973. The SMILES string of the molecule is CCOC(=O)C(CC)c1ccnn(Cc2cccc3ccccc23)c1=O. The summed E-state index contributed by atoms with van der Waals surface area (Å²) in [4.78, 5) is 25.1. The zero-order chi connectivity index (χ0) is 18.5. The summed E-state index contributed by atoms with van der Waals surface area (Å²) in [6.07, 6.45) is 2.08. The first-order valence-corrected chi connectivity index (χ1v) is 8.85. The lowest BCUT2D eigenvalue weighted by molar-refractivity contribution is -0.145. The van der Waals surface area contributed by atoms with Gasteiger partial charge in [0.2, 0.25) is 0 Å². The molecule has 26 heavy (non-hydrogen) atoms. The van der Waals surface area contributed by atoms with E-state index in [1.54, 1.807) is 19.2 Å². The van der Waals surface area contributed by atoms with Gasteiger partial charge in [-0.1, -0.05) is 49.4 Å². The molecule has 3 aromatic rings. The van der Waals surface area contributed by atoms with Crippen molar-refractivity contribution in [1.82, 2.24) is 9.78 Å². The number of ether oxygens (including phenoxy) is 1. The van der Waals surface area contributed by atoms with Gasteiger partial charge in [-0.05, 0) is 35.7 Å². The van der Waals surface area contributed by atoms with E-state index in [0.29, 0.717) is 25.1 Å². The molecule has 0 aliphatic carbocycles. The molecule has 5 heteroatoms. The molecular formula is C21H22N2O3. The molecule has 1 unspecified atom stereocenters. The maximum atomic E-state index is 12.9. The van der Waals surface area contributed by atoms with Crippen LogP contribution < -0.4 is 5.56 Å². The van der Waals surface area contributed by atoms with E-state index < -0.39 is 5.92 Å². The zero-order valence-corrected chi connectivity index (χ0v) is 15.0. The lowest BCUT2D eigenvalue weighted by Crippen LogP contribution is -2.30. The minimum absolute atomic E-state index is 0.250. The first-order valence-electron chi connectivity index (χ1n) is 8.85. The van der Waals surface area contributed by atoms with E-state index in [1.165, 1.54) is 4.68 Å². The molecule has 5 nitrogen and oxygen atoms in total. The number of hydrogen-bond acceptors (Lipinski definition) is 4. The van der Waals surface area contributed by atoms with Crippen LogP contribution in [0.2, 0.25) is 0 Å². The molecule has 1 heterocycles. The fourth-order valence-electron chi connectivity index (χ4n) is 3.19. The summed E-state index contributed by atoms with van der Waals surface area (Å²) in [5.41, 5.74) is 1.19. The third-order valence-electron chi connectivity index (χ3n) is 4.50. The second kappa shape index (κ2) is 7.95. The lowest BCUT2D eigenvalue weighted by atomic mass is 9.98. The van der Waals surface area contributed by atoms with E-state index in [-0.39, 0.29) is 11.5 Å². The van der Waals surface area contributed by atoms with Gasteiger partial charge in [-0.3, -0.25) is 9.59 Å². The number of benzene rings is 2. The summed E-state index contributed by atoms with van der Waals surface area (Å²) < 4.78 is 6.53. The monoisotopic (exact) mass is 350 g/mol. The van der Waals surface area contributed by atoms with Gasteiger partial charge in [0.25, 0.3) is 5.56 Å². The molecule has 0 radical (unpaired) electrons. The van der Waals surface area contributed by atoms with Gasteiger partial charge < -0.3 is 4.74 Å². The van der Waals surface area contributed by atoms with Crippen LogP contribution in [0.4, 0.5) is 0 Å². The number of hydrogen-bond donors (Lipinski definition) is 0. The highest BCUT2D eigenvalue weighted by Crippen LogP contribution is 2.20. The van der Waals surface area contributed by atoms with Gasteiger partial charge in [-0.15, -0.1) is 0 Å². The third kappa shape index (κ3) is 3.52. The Morgan fingerprint density at radius 3 is 2.65 bits per heavy atom. The van der Waals surface area contributed by atoms with Gasteiger partial charge >= 0.3 is 5.97 Å². The average Bonchev–Trinajstić information content (AvgIpc) is 2.66. The van der Waals surface area contributed by atoms with E-state index >= 15 is 0 Å². The van der Waals surface area contributed by atoms with Crippen molar-refractivity contribution in [2.45, 2.75) is 32.7 Å². The fraction of sp³-hybridized carbons (Fsp3) is 0.286. The molecule has 0 saturated carbocycles. The van der Waals surface area contributed by atoms with Crippen LogP contribution in [0.5, 0.6) is 0 Å². The molecule has 0 saturated heterocycles. The number of nitrogens with zero attached hydrogens (tertiary/aromatic N) is 2. The average molecular weight is 350 g/mol.